The highest BCUT2D eigenvalue weighted by Gasteiger charge is 2.35. The first-order valence-electron chi connectivity index (χ1n) is 6.13. The molecule has 17 heavy (non-hydrogen) atoms. The van der Waals surface area contributed by atoms with Crippen LogP contribution in [0.25, 0.3) is 0 Å². The summed E-state index contributed by atoms with van der Waals surface area (Å²) < 4.78 is 11.4. The average molecular weight is 236 g/mol. The van der Waals surface area contributed by atoms with E-state index in [1.54, 1.807) is 0 Å². The summed E-state index contributed by atoms with van der Waals surface area (Å²) >= 11 is 0. The monoisotopic (exact) mass is 236 g/mol. The Morgan fingerprint density at radius 1 is 1.29 bits per heavy atom. The molecular weight excluding hydrogens is 216 g/mol. The van der Waals surface area contributed by atoms with E-state index in [1.807, 2.05) is 44.2 Å². The van der Waals surface area contributed by atoms with Crippen molar-refractivity contribution in [2.24, 2.45) is 5.92 Å². The van der Waals surface area contributed by atoms with E-state index >= 15 is 0 Å². The van der Waals surface area contributed by atoms with Gasteiger partial charge in [0, 0.05) is 5.92 Å². The maximum atomic E-state index is 9.76. The van der Waals surface area contributed by atoms with Crippen molar-refractivity contribution >= 4 is 0 Å². The van der Waals surface area contributed by atoms with Gasteiger partial charge < -0.3 is 14.6 Å². The highest BCUT2D eigenvalue weighted by Crippen LogP contribution is 2.24. The van der Waals surface area contributed by atoms with Gasteiger partial charge in [0.05, 0.1) is 31.5 Å². The van der Waals surface area contributed by atoms with Crippen molar-refractivity contribution in [1.82, 2.24) is 0 Å². The van der Waals surface area contributed by atoms with E-state index in [4.69, 9.17) is 9.47 Å². The summed E-state index contributed by atoms with van der Waals surface area (Å²) in [6, 6.07) is 10.1. The quantitative estimate of drug-likeness (QED) is 0.872. The number of aliphatic hydroxyl groups is 1. The zero-order valence-corrected chi connectivity index (χ0v) is 10.4. The first-order chi connectivity index (χ1) is 8.18. The molecule has 0 aliphatic carbocycles. The van der Waals surface area contributed by atoms with Gasteiger partial charge in [-0.2, -0.15) is 0 Å². The van der Waals surface area contributed by atoms with Gasteiger partial charge in [-0.15, -0.1) is 0 Å². The number of benzene rings is 1. The fourth-order valence-electron chi connectivity index (χ4n) is 2.20. The van der Waals surface area contributed by atoms with Crippen LogP contribution in [0, 0.1) is 5.92 Å². The number of ether oxygens (including phenoxy) is 2. The van der Waals surface area contributed by atoms with Crippen LogP contribution in [0.5, 0.6) is 0 Å². The topological polar surface area (TPSA) is 38.7 Å². The van der Waals surface area contributed by atoms with Crippen molar-refractivity contribution in [2.45, 2.75) is 38.8 Å². The van der Waals surface area contributed by atoms with Crippen LogP contribution in [-0.2, 0) is 16.1 Å². The fraction of sp³-hybridized carbons (Fsp3) is 0.571. The summed E-state index contributed by atoms with van der Waals surface area (Å²) in [6.45, 7) is 4.99. The van der Waals surface area contributed by atoms with Crippen LogP contribution < -0.4 is 0 Å². The first kappa shape index (κ1) is 12.6. The Balaban J connectivity index is 1.93. The second kappa shape index (κ2) is 5.63. The summed E-state index contributed by atoms with van der Waals surface area (Å²) in [6.07, 6.45) is -0.428. The number of aliphatic hydroxyl groups excluding tert-OH is 1. The molecule has 1 saturated heterocycles. The molecule has 0 bridgehead atoms. The number of hydrogen-bond acceptors (Lipinski definition) is 3. The predicted molar refractivity (Wildman–Crippen MR) is 65.6 cm³/mol. The predicted octanol–water partition coefficient (Wildman–Crippen LogP) is 1.99. The molecule has 2 rings (SSSR count). The highest BCUT2D eigenvalue weighted by molar-refractivity contribution is 5.13. The fourth-order valence-corrected chi connectivity index (χ4v) is 2.20. The lowest BCUT2D eigenvalue weighted by atomic mass is 9.92. The van der Waals surface area contributed by atoms with Crippen LogP contribution in [-0.4, -0.2) is 30.0 Å². The molecule has 1 aliphatic rings. The molecule has 0 spiro atoms. The van der Waals surface area contributed by atoms with Crippen LogP contribution in [0.1, 0.15) is 19.4 Å². The summed E-state index contributed by atoms with van der Waals surface area (Å²) in [5, 5.41) is 9.76. The minimum absolute atomic E-state index is 0.0390. The number of hydrogen-bond donors (Lipinski definition) is 1. The van der Waals surface area contributed by atoms with E-state index in [-0.39, 0.29) is 18.1 Å². The second-order valence-corrected chi connectivity index (χ2v) is 4.73. The van der Waals surface area contributed by atoms with Crippen LogP contribution in [0.4, 0.5) is 0 Å². The van der Waals surface area contributed by atoms with Crippen molar-refractivity contribution in [3.63, 3.8) is 0 Å². The van der Waals surface area contributed by atoms with E-state index in [1.165, 1.54) is 0 Å². The summed E-state index contributed by atoms with van der Waals surface area (Å²) in [5.41, 5.74) is 1.15. The van der Waals surface area contributed by atoms with Crippen molar-refractivity contribution in [2.75, 3.05) is 6.61 Å². The summed E-state index contributed by atoms with van der Waals surface area (Å²) in [4.78, 5) is 0. The van der Waals surface area contributed by atoms with Crippen LogP contribution >= 0.6 is 0 Å². The minimum Gasteiger partial charge on any atom is -0.390 e. The third kappa shape index (κ3) is 3.06. The van der Waals surface area contributed by atoms with E-state index in [0.29, 0.717) is 13.2 Å². The largest absolute Gasteiger partial charge is 0.390 e. The van der Waals surface area contributed by atoms with Gasteiger partial charge in [0.2, 0.25) is 0 Å². The number of rotatable bonds is 3. The smallest absolute Gasteiger partial charge is 0.0889 e. The Morgan fingerprint density at radius 2 is 2.00 bits per heavy atom. The molecule has 3 heteroatoms. The lowest BCUT2D eigenvalue weighted by Crippen LogP contribution is -2.47. The average Bonchev–Trinajstić information content (AvgIpc) is 2.35. The van der Waals surface area contributed by atoms with E-state index < -0.39 is 6.10 Å². The molecule has 1 N–H and O–H groups in total. The third-order valence-corrected chi connectivity index (χ3v) is 3.40. The van der Waals surface area contributed by atoms with E-state index in [0.717, 1.165) is 5.56 Å². The lowest BCUT2D eigenvalue weighted by Gasteiger charge is -2.37. The molecule has 0 amide bonds. The van der Waals surface area contributed by atoms with Crippen molar-refractivity contribution in [1.29, 1.82) is 0 Å². The van der Waals surface area contributed by atoms with E-state index in [2.05, 4.69) is 0 Å². The molecule has 3 nitrogen and oxygen atoms in total. The Morgan fingerprint density at radius 3 is 2.71 bits per heavy atom. The van der Waals surface area contributed by atoms with Gasteiger partial charge in [0.25, 0.3) is 0 Å². The van der Waals surface area contributed by atoms with Crippen molar-refractivity contribution in [3.8, 4) is 0 Å². The molecule has 0 saturated carbocycles. The molecule has 1 fully saturated rings. The van der Waals surface area contributed by atoms with Crippen molar-refractivity contribution < 1.29 is 14.6 Å². The normalized spacial score (nSPS) is 33.6. The SMILES string of the molecule is CC1OC[C@@H](O)[C@H](C)[C@@H]1OCc1ccccc1. The van der Waals surface area contributed by atoms with Gasteiger partial charge >= 0.3 is 0 Å². The van der Waals surface area contributed by atoms with Crippen LogP contribution in [0.2, 0.25) is 0 Å². The first-order valence-corrected chi connectivity index (χ1v) is 6.13. The molecule has 1 heterocycles. The standard InChI is InChI=1S/C14H20O3/c1-10-13(15)9-16-11(2)14(10)17-8-12-6-4-3-5-7-12/h3-7,10-11,13-15H,8-9H2,1-2H3/t10-,11?,13+,14-/m0/s1. The van der Waals surface area contributed by atoms with Gasteiger partial charge in [-0.1, -0.05) is 37.3 Å². The second-order valence-electron chi connectivity index (χ2n) is 4.73. The van der Waals surface area contributed by atoms with Crippen LogP contribution in [0.3, 0.4) is 0 Å². The van der Waals surface area contributed by atoms with Gasteiger partial charge in [0.1, 0.15) is 0 Å². The zero-order chi connectivity index (χ0) is 12.3. The molecule has 1 unspecified atom stereocenters. The van der Waals surface area contributed by atoms with Crippen molar-refractivity contribution in [3.05, 3.63) is 35.9 Å². The van der Waals surface area contributed by atoms with Gasteiger partial charge in [-0.3, -0.25) is 0 Å². The molecule has 0 aromatic heterocycles. The zero-order valence-electron chi connectivity index (χ0n) is 10.4. The van der Waals surface area contributed by atoms with Gasteiger partial charge in [0.15, 0.2) is 0 Å². The molecule has 1 aromatic rings. The molecule has 1 aromatic carbocycles. The highest BCUT2D eigenvalue weighted by atomic mass is 16.6. The molecule has 0 radical (unpaired) electrons. The van der Waals surface area contributed by atoms with E-state index in [9.17, 15) is 5.11 Å². The van der Waals surface area contributed by atoms with Crippen LogP contribution in [0.15, 0.2) is 30.3 Å². The third-order valence-electron chi connectivity index (χ3n) is 3.40. The maximum absolute atomic E-state index is 9.76. The minimum atomic E-state index is -0.424. The Bertz CT molecular complexity index is 339. The Kier molecular flexibility index (Phi) is 4.15. The molecule has 94 valence electrons. The molecular formula is C14H20O3. The maximum Gasteiger partial charge on any atom is 0.0889 e. The van der Waals surface area contributed by atoms with Gasteiger partial charge in [-0.05, 0) is 12.5 Å². The molecule has 4 atom stereocenters. The Hall–Kier alpha value is -0.900. The Labute approximate surface area is 102 Å². The lowest BCUT2D eigenvalue weighted by molar-refractivity contribution is -0.172. The molecule has 1 aliphatic heterocycles. The summed E-state index contributed by atoms with van der Waals surface area (Å²) in [7, 11) is 0. The summed E-state index contributed by atoms with van der Waals surface area (Å²) in [5.74, 6) is 0.113. The van der Waals surface area contributed by atoms with Gasteiger partial charge in [-0.25, -0.2) is 0 Å².